The molecule has 5 heteroatoms. The molecule has 0 bridgehead atoms. The third kappa shape index (κ3) is 3.92. The van der Waals surface area contributed by atoms with Crippen LogP contribution in [0, 0.1) is 5.82 Å². The van der Waals surface area contributed by atoms with E-state index in [4.69, 9.17) is 10.5 Å². The number of rotatable bonds is 6. The molecule has 1 aromatic carbocycles. The van der Waals surface area contributed by atoms with Crippen LogP contribution in [-0.2, 0) is 0 Å². The summed E-state index contributed by atoms with van der Waals surface area (Å²) in [4.78, 5) is 11.9. The van der Waals surface area contributed by atoms with Crippen LogP contribution in [0.15, 0.2) is 18.2 Å². The fourth-order valence-electron chi connectivity index (χ4n) is 1.66. The Morgan fingerprint density at radius 1 is 1.42 bits per heavy atom. The Morgan fingerprint density at radius 3 is 2.53 bits per heavy atom. The maximum absolute atomic E-state index is 13.7. The Kier molecular flexibility index (Phi) is 5.30. The quantitative estimate of drug-likeness (QED) is 0.830. The first-order valence-corrected chi connectivity index (χ1v) is 6.36. The first-order chi connectivity index (χ1) is 8.95. The van der Waals surface area contributed by atoms with Gasteiger partial charge in [0.15, 0.2) is 0 Å². The molecule has 0 atom stereocenters. The van der Waals surface area contributed by atoms with Crippen LogP contribution >= 0.6 is 0 Å². The molecule has 4 nitrogen and oxygen atoms in total. The molecule has 0 radical (unpaired) electrons. The molecule has 1 amide bonds. The zero-order chi connectivity index (χ0) is 14.5. The van der Waals surface area contributed by atoms with Gasteiger partial charge in [0.05, 0.1) is 12.7 Å². The van der Waals surface area contributed by atoms with E-state index in [1.54, 1.807) is 6.07 Å². The third-order valence-corrected chi connectivity index (χ3v) is 3.43. The van der Waals surface area contributed by atoms with Gasteiger partial charge in [-0.1, -0.05) is 13.8 Å². The van der Waals surface area contributed by atoms with Crippen molar-refractivity contribution in [3.05, 3.63) is 29.6 Å². The number of amides is 1. The number of carbonyl (C=O) groups is 1. The molecule has 0 aliphatic heterocycles. The van der Waals surface area contributed by atoms with Crippen LogP contribution in [0.25, 0.3) is 0 Å². The topological polar surface area (TPSA) is 64.3 Å². The number of nitrogens with two attached hydrogens (primary N) is 1. The summed E-state index contributed by atoms with van der Waals surface area (Å²) in [5.74, 6) is -0.686. The standard InChI is InChI=1S/C14H21FN2O2/c1-4-14(16,5-2)9-17-13(18)11-7-6-10(19-3)8-12(11)15/h6-8H,4-5,9,16H2,1-3H3,(H,17,18). The van der Waals surface area contributed by atoms with E-state index in [2.05, 4.69) is 5.32 Å². The van der Waals surface area contributed by atoms with E-state index in [9.17, 15) is 9.18 Å². The Balaban J connectivity index is 2.74. The fraction of sp³-hybridized carbons (Fsp3) is 0.500. The normalized spacial score (nSPS) is 11.2. The van der Waals surface area contributed by atoms with Gasteiger partial charge in [0.2, 0.25) is 0 Å². The minimum absolute atomic E-state index is 0.00430. The summed E-state index contributed by atoms with van der Waals surface area (Å²) in [6.45, 7) is 4.25. The molecule has 0 saturated carbocycles. The van der Waals surface area contributed by atoms with Gasteiger partial charge >= 0.3 is 0 Å². The predicted octanol–water partition coefficient (Wildman–Crippen LogP) is 2.08. The molecular weight excluding hydrogens is 247 g/mol. The lowest BCUT2D eigenvalue weighted by Crippen LogP contribution is -2.49. The highest BCUT2D eigenvalue weighted by Gasteiger charge is 2.22. The molecule has 0 unspecified atom stereocenters. The maximum atomic E-state index is 13.7. The van der Waals surface area contributed by atoms with Crippen LogP contribution < -0.4 is 15.8 Å². The van der Waals surface area contributed by atoms with E-state index < -0.39 is 17.3 Å². The van der Waals surface area contributed by atoms with Crippen molar-refractivity contribution in [3.63, 3.8) is 0 Å². The average Bonchev–Trinajstić information content (AvgIpc) is 2.44. The minimum atomic E-state index is -0.604. The van der Waals surface area contributed by atoms with Crippen LogP contribution in [0.4, 0.5) is 4.39 Å². The monoisotopic (exact) mass is 268 g/mol. The predicted molar refractivity (Wildman–Crippen MR) is 72.8 cm³/mol. The van der Waals surface area contributed by atoms with Crippen molar-refractivity contribution in [1.29, 1.82) is 0 Å². The van der Waals surface area contributed by atoms with Crippen molar-refractivity contribution in [1.82, 2.24) is 5.32 Å². The van der Waals surface area contributed by atoms with Crippen molar-refractivity contribution in [3.8, 4) is 5.75 Å². The molecule has 0 aromatic heterocycles. The van der Waals surface area contributed by atoms with Crippen LogP contribution in [0.5, 0.6) is 5.75 Å². The molecule has 0 aliphatic rings. The van der Waals surface area contributed by atoms with Crippen LogP contribution in [0.3, 0.4) is 0 Å². The Bertz CT molecular complexity index is 445. The van der Waals surface area contributed by atoms with E-state index in [-0.39, 0.29) is 5.56 Å². The molecule has 3 N–H and O–H groups in total. The van der Waals surface area contributed by atoms with Crippen molar-refractivity contribution in [2.45, 2.75) is 32.2 Å². The molecule has 0 aliphatic carbocycles. The van der Waals surface area contributed by atoms with Gasteiger partial charge in [-0.15, -0.1) is 0 Å². The molecule has 19 heavy (non-hydrogen) atoms. The molecule has 0 spiro atoms. The zero-order valence-corrected chi connectivity index (χ0v) is 11.6. The SMILES string of the molecule is CCC(N)(CC)CNC(=O)c1ccc(OC)cc1F. The third-order valence-electron chi connectivity index (χ3n) is 3.43. The molecule has 0 saturated heterocycles. The molecule has 0 fully saturated rings. The largest absolute Gasteiger partial charge is 0.497 e. The van der Waals surface area contributed by atoms with Gasteiger partial charge in [-0.25, -0.2) is 4.39 Å². The van der Waals surface area contributed by atoms with Gasteiger partial charge < -0.3 is 15.8 Å². The van der Waals surface area contributed by atoms with E-state index in [0.29, 0.717) is 12.3 Å². The van der Waals surface area contributed by atoms with E-state index >= 15 is 0 Å². The number of hydrogen-bond acceptors (Lipinski definition) is 3. The molecule has 1 aromatic rings. The smallest absolute Gasteiger partial charge is 0.254 e. The van der Waals surface area contributed by atoms with E-state index in [1.165, 1.54) is 19.2 Å². The highest BCUT2D eigenvalue weighted by atomic mass is 19.1. The lowest BCUT2D eigenvalue weighted by molar-refractivity contribution is 0.0938. The highest BCUT2D eigenvalue weighted by Crippen LogP contribution is 2.16. The van der Waals surface area contributed by atoms with Gasteiger partial charge in [0.25, 0.3) is 5.91 Å². The van der Waals surface area contributed by atoms with Crippen LogP contribution in [0.2, 0.25) is 0 Å². The molecular formula is C14H21FN2O2. The number of methoxy groups -OCH3 is 1. The second kappa shape index (κ2) is 6.52. The zero-order valence-electron chi connectivity index (χ0n) is 11.6. The Labute approximate surface area is 113 Å². The lowest BCUT2D eigenvalue weighted by Gasteiger charge is -2.26. The summed E-state index contributed by atoms with van der Waals surface area (Å²) >= 11 is 0. The highest BCUT2D eigenvalue weighted by molar-refractivity contribution is 5.94. The van der Waals surface area contributed by atoms with Gasteiger partial charge in [-0.3, -0.25) is 4.79 Å². The summed E-state index contributed by atoms with van der Waals surface area (Å²) in [6.07, 6.45) is 1.49. The molecule has 1 rings (SSSR count). The van der Waals surface area contributed by atoms with Gasteiger partial charge in [0.1, 0.15) is 11.6 Å². The van der Waals surface area contributed by atoms with Gasteiger partial charge in [-0.05, 0) is 25.0 Å². The summed E-state index contributed by atoms with van der Waals surface area (Å²) < 4.78 is 18.6. The summed E-state index contributed by atoms with van der Waals surface area (Å²) in [6, 6.07) is 4.14. The molecule has 106 valence electrons. The number of nitrogens with one attached hydrogen (secondary N) is 1. The number of hydrogen-bond donors (Lipinski definition) is 2. The van der Waals surface area contributed by atoms with Crippen LogP contribution in [0.1, 0.15) is 37.0 Å². The average molecular weight is 268 g/mol. The first-order valence-electron chi connectivity index (χ1n) is 6.36. The molecule has 0 heterocycles. The minimum Gasteiger partial charge on any atom is -0.497 e. The number of halogens is 1. The fourth-order valence-corrected chi connectivity index (χ4v) is 1.66. The van der Waals surface area contributed by atoms with E-state index in [0.717, 1.165) is 12.8 Å². The van der Waals surface area contributed by atoms with Crippen LogP contribution in [-0.4, -0.2) is 25.1 Å². The maximum Gasteiger partial charge on any atom is 0.254 e. The second-order valence-corrected chi connectivity index (χ2v) is 4.60. The summed E-state index contributed by atoms with van der Waals surface area (Å²) in [7, 11) is 1.44. The van der Waals surface area contributed by atoms with Gasteiger partial charge in [-0.2, -0.15) is 0 Å². The van der Waals surface area contributed by atoms with Crippen molar-refractivity contribution in [2.24, 2.45) is 5.73 Å². The Morgan fingerprint density at radius 2 is 2.05 bits per heavy atom. The lowest BCUT2D eigenvalue weighted by atomic mass is 9.94. The number of carbonyl (C=O) groups excluding carboxylic acids is 1. The van der Waals surface area contributed by atoms with Crippen molar-refractivity contribution >= 4 is 5.91 Å². The van der Waals surface area contributed by atoms with E-state index in [1.807, 2.05) is 13.8 Å². The van der Waals surface area contributed by atoms with Gasteiger partial charge in [0, 0.05) is 18.2 Å². The van der Waals surface area contributed by atoms with Crippen molar-refractivity contribution < 1.29 is 13.9 Å². The summed E-state index contributed by atoms with van der Waals surface area (Å²) in [5, 5.41) is 2.67. The van der Waals surface area contributed by atoms with Crippen molar-refractivity contribution in [2.75, 3.05) is 13.7 Å². The number of benzene rings is 1. The number of ether oxygens (including phenoxy) is 1. The Hall–Kier alpha value is -1.62. The second-order valence-electron chi connectivity index (χ2n) is 4.60. The summed E-state index contributed by atoms with van der Waals surface area (Å²) in [5.41, 5.74) is 5.63. The first kappa shape index (κ1) is 15.4.